The van der Waals surface area contributed by atoms with Gasteiger partial charge >= 0.3 is 12.0 Å². The van der Waals surface area contributed by atoms with Gasteiger partial charge in [0.2, 0.25) is 0 Å². The maximum Gasteiger partial charge on any atom is 0.319 e. The second kappa shape index (κ2) is 7.88. The Morgan fingerprint density at radius 3 is 2.12 bits per heavy atom. The number of nitrogens with one attached hydrogen (secondary N) is 2. The van der Waals surface area contributed by atoms with Crippen molar-refractivity contribution in [2.24, 2.45) is 5.92 Å². The van der Waals surface area contributed by atoms with Crippen molar-refractivity contribution in [2.75, 3.05) is 5.32 Å². The van der Waals surface area contributed by atoms with Gasteiger partial charge in [-0.25, -0.2) is 13.6 Å². The van der Waals surface area contributed by atoms with Crippen LogP contribution in [-0.2, 0) is 4.79 Å². The smallest absolute Gasteiger partial charge is 0.319 e. The second-order valence-electron chi connectivity index (χ2n) is 7.47. The van der Waals surface area contributed by atoms with Gasteiger partial charge in [-0.2, -0.15) is 0 Å². The van der Waals surface area contributed by atoms with E-state index in [-0.39, 0.29) is 17.6 Å². The number of hydrogen-bond donors (Lipinski definition) is 3. The van der Waals surface area contributed by atoms with Crippen molar-refractivity contribution < 1.29 is 28.2 Å². The summed E-state index contributed by atoms with van der Waals surface area (Å²) in [4.78, 5) is 22.9. The van der Waals surface area contributed by atoms with Gasteiger partial charge in [0.05, 0.1) is 5.92 Å². The normalized spacial score (nSPS) is 20.3. The lowest BCUT2D eigenvalue weighted by Gasteiger charge is -2.27. The zero-order chi connectivity index (χ0) is 19.5. The highest BCUT2D eigenvalue weighted by Crippen LogP contribution is 2.29. The van der Waals surface area contributed by atoms with E-state index in [1.807, 2.05) is 0 Å². The van der Waals surface area contributed by atoms with Crippen molar-refractivity contribution in [3.05, 3.63) is 23.8 Å². The van der Waals surface area contributed by atoms with Gasteiger partial charge in [-0.1, -0.05) is 0 Å². The summed E-state index contributed by atoms with van der Waals surface area (Å²) in [6.07, 6.45) is 2.07. The number of hydrogen-bond acceptors (Lipinski definition) is 3. The predicted molar refractivity (Wildman–Crippen MR) is 92.3 cm³/mol. The van der Waals surface area contributed by atoms with Crippen LogP contribution in [0, 0.1) is 17.6 Å². The molecule has 1 aromatic carbocycles. The van der Waals surface area contributed by atoms with Crippen LogP contribution in [0.2, 0.25) is 0 Å². The number of amides is 2. The maximum absolute atomic E-state index is 14.1. The highest BCUT2D eigenvalue weighted by Gasteiger charge is 2.27. The van der Waals surface area contributed by atoms with E-state index >= 15 is 0 Å². The molecule has 0 atom stereocenters. The van der Waals surface area contributed by atoms with Crippen LogP contribution in [0.1, 0.15) is 46.5 Å². The van der Waals surface area contributed by atoms with Gasteiger partial charge in [0.25, 0.3) is 0 Å². The molecule has 0 saturated heterocycles. The number of carbonyl (C=O) groups is 2. The summed E-state index contributed by atoms with van der Waals surface area (Å²) in [5, 5.41) is 14.1. The second-order valence-corrected chi connectivity index (χ2v) is 7.47. The first-order valence-corrected chi connectivity index (χ1v) is 8.53. The molecule has 26 heavy (non-hydrogen) atoms. The molecule has 8 heteroatoms. The van der Waals surface area contributed by atoms with Crippen LogP contribution < -0.4 is 15.4 Å². The number of benzene rings is 1. The fourth-order valence-corrected chi connectivity index (χ4v) is 2.87. The molecule has 1 aliphatic carbocycles. The Morgan fingerprint density at radius 1 is 1.12 bits per heavy atom. The van der Waals surface area contributed by atoms with Crippen LogP contribution >= 0.6 is 0 Å². The summed E-state index contributed by atoms with van der Waals surface area (Å²) in [7, 11) is 0. The van der Waals surface area contributed by atoms with Crippen molar-refractivity contribution in [3.63, 3.8) is 0 Å². The summed E-state index contributed by atoms with van der Waals surface area (Å²) in [5.41, 5.74) is -0.791. The lowest BCUT2D eigenvalue weighted by molar-refractivity contribution is -0.142. The first-order chi connectivity index (χ1) is 12.0. The minimum absolute atomic E-state index is 0.0296. The Bertz CT molecular complexity index is 657. The topological polar surface area (TPSA) is 87.7 Å². The zero-order valence-electron chi connectivity index (χ0n) is 15.1. The first-order valence-electron chi connectivity index (χ1n) is 8.53. The van der Waals surface area contributed by atoms with Gasteiger partial charge in [-0.3, -0.25) is 4.79 Å². The fraction of sp³-hybridized carbons (Fsp3) is 0.556. The van der Waals surface area contributed by atoms with Crippen LogP contribution in [0.25, 0.3) is 0 Å². The van der Waals surface area contributed by atoms with Gasteiger partial charge in [0.1, 0.15) is 5.60 Å². The maximum atomic E-state index is 14.1. The molecule has 0 heterocycles. The third kappa shape index (κ3) is 5.57. The molecule has 0 spiro atoms. The highest BCUT2D eigenvalue weighted by atomic mass is 19.1. The van der Waals surface area contributed by atoms with E-state index in [0.29, 0.717) is 25.7 Å². The quantitative estimate of drug-likeness (QED) is 0.750. The van der Waals surface area contributed by atoms with Crippen molar-refractivity contribution in [1.29, 1.82) is 0 Å². The number of anilines is 1. The number of carbonyl (C=O) groups excluding carboxylic acids is 1. The van der Waals surface area contributed by atoms with E-state index in [0.717, 1.165) is 12.1 Å². The van der Waals surface area contributed by atoms with E-state index in [4.69, 9.17) is 9.84 Å². The molecule has 3 N–H and O–H groups in total. The average molecular weight is 370 g/mol. The zero-order valence-corrected chi connectivity index (χ0v) is 15.1. The number of aliphatic carboxylic acids is 1. The van der Waals surface area contributed by atoms with Crippen LogP contribution in [0.15, 0.2) is 12.1 Å². The third-order valence-corrected chi connectivity index (χ3v) is 4.08. The SMILES string of the molecule is CC(C)(C)Oc1c(F)cc(NC(=O)NC2CCC(C(=O)O)CC2)cc1F. The van der Waals surface area contributed by atoms with E-state index < -0.39 is 35.0 Å². The molecule has 1 aliphatic rings. The standard InChI is InChI=1S/C18H24F2N2O4/c1-18(2,3)26-15-13(19)8-12(9-14(15)20)22-17(25)21-11-6-4-10(5-7-11)16(23)24/h8-11H,4-7H2,1-3H3,(H,23,24)(H2,21,22,25). The molecule has 1 aromatic rings. The molecule has 0 aliphatic heterocycles. The van der Waals surface area contributed by atoms with E-state index in [1.54, 1.807) is 20.8 Å². The molecule has 2 amide bonds. The molecule has 1 fully saturated rings. The monoisotopic (exact) mass is 370 g/mol. The molecule has 6 nitrogen and oxygen atoms in total. The van der Waals surface area contributed by atoms with Gasteiger partial charge in [0.15, 0.2) is 17.4 Å². The minimum Gasteiger partial charge on any atom is -0.482 e. The summed E-state index contributed by atoms with van der Waals surface area (Å²) in [6, 6.07) is 1.23. The average Bonchev–Trinajstić information content (AvgIpc) is 2.50. The van der Waals surface area contributed by atoms with Crippen molar-refractivity contribution >= 4 is 17.7 Å². The Morgan fingerprint density at radius 2 is 1.65 bits per heavy atom. The highest BCUT2D eigenvalue weighted by molar-refractivity contribution is 5.89. The van der Waals surface area contributed by atoms with Gasteiger partial charge in [-0.15, -0.1) is 0 Å². The first kappa shape index (κ1) is 19.9. The number of carboxylic acids is 1. The number of carboxylic acid groups (broad SMARTS) is 1. The van der Waals surface area contributed by atoms with E-state index in [1.165, 1.54) is 0 Å². The molecule has 0 aromatic heterocycles. The van der Waals surface area contributed by atoms with E-state index in [2.05, 4.69) is 10.6 Å². The number of urea groups is 1. The summed E-state index contributed by atoms with van der Waals surface area (Å²) in [6.45, 7) is 5.01. The number of rotatable bonds is 4. The Hall–Kier alpha value is -2.38. The Kier molecular flexibility index (Phi) is 6.05. The molecule has 0 unspecified atom stereocenters. The lowest BCUT2D eigenvalue weighted by Crippen LogP contribution is -2.41. The molecule has 0 radical (unpaired) electrons. The van der Waals surface area contributed by atoms with E-state index in [9.17, 15) is 18.4 Å². The van der Waals surface area contributed by atoms with Crippen molar-refractivity contribution in [1.82, 2.24) is 5.32 Å². The third-order valence-electron chi connectivity index (χ3n) is 4.08. The van der Waals surface area contributed by atoms with Crippen LogP contribution in [0.4, 0.5) is 19.3 Å². The Labute approximate surface area is 150 Å². The number of halogens is 2. The van der Waals surface area contributed by atoms with Crippen LogP contribution in [0.5, 0.6) is 5.75 Å². The minimum atomic E-state index is -0.905. The molecule has 2 rings (SSSR count). The van der Waals surface area contributed by atoms with Crippen molar-refractivity contribution in [3.8, 4) is 5.75 Å². The van der Waals surface area contributed by atoms with Gasteiger partial charge < -0.3 is 20.5 Å². The van der Waals surface area contributed by atoms with Gasteiger partial charge in [0, 0.05) is 23.9 Å². The molecule has 1 saturated carbocycles. The summed E-state index contributed by atoms with van der Waals surface area (Å²) < 4.78 is 33.4. The van der Waals surface area contributed by atoms with Gasteiger partial charge in [-0.05, 0) is 46.5 Å². The largest absolute Gasteiger partial charge is 0.482 e. The lowest BCUT2D eigenvalue weighted by atomic mass is 9.86. The summed E-state index contributed by atoms with van der Waals surface area (Å²) in [5.74, 6) is -3.50. The number of ether oxygens (including phenoxy) is 1. The predicted octanol–water partition coefficient (Wildman–Crippen LogP) is 3.91. The molecule has 0 bridgehead atoms. The molecule has 144 valence electrons. The molecular weight excluding hydrogens is 346 g/mol. The summed E-state index contributed by atoms with van der Waals surface area (Å²) >= 11 is 0. The van der Waals surface area contributed by atoms with Crippen molar-refractivity contribution in [2.45, 2.75) is 58.1 Å². The van der Waals surface area contributed by atoms with Crippen LogP contribution in [-0.4, -0.2) is 28.7 Å². The Balaban J connectivity index is 1.94. The fourth-order valence-electron chi connectivity index (χ4n) is 2.87. The van der Waals surface area contributed by atoms with Crippen LogP contribution in [0.3, 0.4) is 0 Å². The molecular formula is C18H24F2N2O4.